The first-order valence-electron chi connectivity index (χ1n) is 5.08. The minimum atomic E-state index is -1.15. The number of amides is 1. The lowest BCUT2D eigenvalue weighted by molar-refractivity contribution is -0.139. The lowest BCUT2D eigenvalue weighted by atomic mass is 10.1. The Labute approximate surface area is 112 Å². The first-order chi connectivity index (χ1) is 8.45. The molecule has 1 unspecified atom stereocenters. The van der Waals surface area contributed by atoms with Crippen molar-refractivity contribution in [2.45, 2.75) is 12.5 Å². The number of carbonyl (C=O) groups is 2. The van der Waals surface area contributed by atoms with E-state index in [1.807, 2.05) is 0 Å². The summed E-state index contributed by atoms with van der Waals surface area (Å²) in [5.41, 5.74) is 0.0218. The molecule has 0 aliphatic heterocycles. The number of carboxylic acids is 1. The normalized spacial score (nSPS) is 11.6. The molecule has 0 saturated heterocycles. The molecule has 1 atom stereocenters. The number of rotatable bonds is 5. The van der Waals surface area contributed by atoms with Gasteiger partial charge in [0.15, 0.2) is 0 Å². The molecule has 96 valence electrons. The summed E-state index contributed by atoms with van der Waals surface area (Å²) in [6.07, 6.45) is 1.51. The molecule has 0 saturated carbocycles. The molecule has 1 rings (SSSR count). The third kappa shape index (κ3) is 3.59. The number of carbonyl (C=O) groups excluding carboxylic acids is 1. The highest BCUT2D eigenvalue weighted by Crippen LogP contribution is 2.22. The fourth-order valence-electron chi connectivity index (χ4n) is 1.32. The number of hydrogen-bond donors (Lipinski definition) is 3. The molecule has 0 fully saturated rings. The standard InChI is InChI=1S/C12H12BrNO4/c1-2-3-9(12(17)18)14-11(16)8-5-4-7(13)6-10(8)15/h2,4-6,9,15H,1,3H2,(H,14,16)(H,17,18). The van der Waals surface area contributed by atoms with Crippen molar-refractivity contribution in [3.05, 3.63) is 40.9 Å². The van der Waals surface area contributed by atoms with Gasteiger partial charge in [-0.3, -0.25) is 4.79 Å². The minimum Gasteiger partial charge on any atom is -0.507 e. The fraction of sp³-hybridized carbons (Fsp3) is 0.167. The van der Waals surface area contributed by atoms with Crippen LogP contribution in [0.25, 0.3) is 0 Å². The Morgan fingerprint density at radius 1 is 1.50 bits per heavy atom. The molecule has 3 N–H and O–H groups in total. The molecular formula is C12H12BrNO4. The number of nitrogens with one attached hydrogen (secondary N) is 1. The predicted molar refractivity (Wildman–Crippen MR) is 69.5 cm³/mol. The van der Waals surface area contributed by atoms with Crippen molar-refractivity contribution in [1.29, 1.82) is 0 Å². The predicted octanol–water partition coefficient (Wildman–Crippen LogP) is 1.91. The molecule has 0 aromatic heterocycles. The Balaban J connectivity index is 2.86. The second-order valence-corrected chi connectivity index (χ2v) is 4.47. The number of phenols is 1. The van der Waals surface area contributed by atoms with Gasteiger partial charge < -0.3 is 15.5 Å². The van der Waals surface area contributed by atoms with Crippen molar-refractivity contribution in [1.82, 2.24) is 5.32 Å². The Bertz CT molecular complexity index is 487. The summed E-state index contributed by atoms with van der Waals surface area (Å²) in [6.45, 7) is 3.42. The average molecular weight is 314 g/mol. The van der Waals surface area contributed by atoms with Gasteiger partial charge in [0.1, 0.15) is 11.8 Å². The largest absolute Gasteiger partial charge is 0.507 e. The third-order valence-corrected chi connectivity index (χ3v) is 2.70. The van der Waals surface area contributed by atoms with Gasteiger partial charge in [0.2, 0.25) is 0 Å². The van der Waals surface area contributed by atoms with Crippen LogP contribution >= 0.6 is 15.9 Å². The van der Waals surface area contributed by atoms with E-state index in [0.29, 0.717) is 4.47 Å². The molecule has 1 aromatic rings. The number of aromatic hydroxyl groups is 1. The van der Waals surface area contributed by atoms with E-state index in [2.05, 4.69) is 27.8 Å². The van der Waals surface area contributed by atoms with Crippen LogP contribution in [-0.2, 0) is 4.79 Å². The maximum Gasteiger partial charge on any atom is 0.326 e. The van der Waals surface area contributed by atoms with E-state index in [9.17, 15) is 14.7 Å². The van der Waals surface area contributed by atoms with Gasteiger partial charge in [-0.2, -0.15) is 0 Å². The number of benzene rings is 1. The van der Waals surface area contributed by atoms with Crippen molar-refractivity contribution >= 4 is 27.8 Å². The summed E-state index contributed by atoms with van der Waals surface area (Å²) in [7, 11) is 0. The Morgan fingerprint density at radius 3 is 2.67 bits per heavy atom. The zero-order valence-corrected chi connectivity index (χ0v) is 11.0. The summed E-state index contributed by atoms with van der Waals surface area (Å²) in [5, 5.41) is 20.8. The molecule has 0 bridgehead atoms. The van der Waals surface area contributed by atoms with Gasteiger partial charge in [-0.1, -0.05) is 22.0 Å². The minimum absolute atomic E-state index is 0.0218. The van der Waals surface area contributed by atoms with E-state index >= 15 is 0 Å². The second kappa shape index (κ2) is 6.20. The van der Waals surface area contributed by atoms with Gasteiger partial charge in [0.05, 0.1) is 5.56 Å². The number of carboxylic acid groups (broad SMARTS) is 1. The Hall–Kier alpha value is -1.82. The number of halogens is 1. The summed E-state index contributed by atoms with van der Waals surface area (Å²) in [4.78, 5) is 22.6. The molecule has 0 spiro atoms. The van der Waals surface area contributed by atoms with E-state index in [4.69, 9.17) is 5.11 Å². The average Bonchev–Trinajstić information content (AvgIpc) is 2.27. The lowest BCUT2D eigenvalue weighted by Crippen LogP contribution is -2.40. The molecule has 5 nitrogen and oxygen atoms in total. The van der Waals surface area contributed by atoms with Crippen LogP contribution in [-0.4, -0.2) is 28.1 Å². The van der Waals surface area contributed by atoms with Crippen molar-refractivity contribution in [2.24, 2.45) is 0 Å². The quantitative estimate of drug-likeness (QED) is 0.725. The maximum atomic E-state index is 11.8. The number of hydrogen-bond acceptors (Lipinski definition) is 3. The molecule has 0 aliphatic carbocycles. The molecule has 6 heteroatoms. The Kier molecular flexibility index (Phi) is 4.91. The third-order valence-electron chi connectivity index (χ3n) is 2.21. The molecule has 1 amide bonds. The smallest absolute Gasteiger partial charge is 0.326 e. The first kappa shape index (κ1) is 14.2. The highest BCUT2D eigenvalue weighted by molar-refractivity contribution is 9.10. The van der Waals surface area contributed by atoms with Crippen molar-refractivity contribution in [3.8, 4) is 5.75 Å². The SMILES string of the molecule is C=CCC(NC(=O)c1ccc(Br)cc1O)C(=O)O. The van der Waals surface area contributed by atoms with Gasteiger partial charge in [0, 0.05) is 4.47 Å². The first-order valence-corrected chi connectivity index (χ1v) is 5.88. The summed E-state index contributed by atoms with van der Waals surface area (Å²) in [5.74, 6) is -2.02. The van der Waals surface area contributed by atoms with Crippen LogP contribution < -0.4 is 5.32 Å². The number of phenolic OH excluding ortho intramolecular Hbond substituents is 1. The van der Waals surface area contributed by atoms with Crippen LogP contribution in [0.4, 0.5) is 0 Å². The highest BCUT2D eigenvalue weighted by atomic mass is 79.9. The second-order valence-electron chi connectivity index (χ2n) is 3.55. The molecule has 0 heterocycles. The molecule has 0 aliphatic rings. The van der Waals surface area contributed by atoms with Gasteiger partial charge in [0.25, 0.3) is 5.91 Å². The summed E-state index contributed by atoms with van der Waals surface area (Å²) in [6, 6.07) is 3.29. The van der Waals surface area contributed by atoms with Crippen LogP contribution in [0.1, 0.15) is 16.8 Å². The molecule has 18 heavy (non-hydrogen) atoms. The lowest BCUT2D eigenvalue weighted by Gasteiger charge is -2.13. The van der Waals surface area contributed by atoms with E-state index in [-0.39, 0.29) is 17.7 Å². The monoisotopic (exact) mass is 313 g/mol. The Morgan fingerprint density at radius 2 is 2.17 bits per heavy atom. The maximum absolute atomic E-state index is 11.8. The van der Waals surface area contributed by atoms with E-state index in [1.165, 1.54) is 18.2 Å². The van der Waals surface area contributed by atoms with Crippen LogP contribution in [0.15, 0.2) is 35.3 Å². The highest BCUT2D eigenvalue weighted by Gasteiger charge is 2.20. The van der Waals surface area contributed by atoms with Crippen LogP contribution in [0, 0.1) is 0 Å². The van der Waals surface area contributed by atoms with Crippen LogP contribution in [0.5, 0.6) is 5.75 Å². The zero-order valence-electron chi connectivity index (χ0n) is 9.39. The molecular weight excluding hydrogens is 302 g/mol. The van der Waals surface area contributed by atoms with E-state index in [1.54, 1.807) is 6.07 Å². The van der Waals surface area contributed by atoms with Gasteiger partial charge >= 0.3 is 5.97 Å². The van der Waals surface area contributed by atoms with Crippen molar-refractivity contribution in [2.75, 3.05) is 0 Å². The van der Waals surface area contributed by atoms with E-state index < -0.39 is 17.9 Å². The van der Waals surface area contributed by atoms with Crippen LogP contribution in [0.2, 0.25) is 0 Å². The van der Waals surface area contributed by atoms with Gasteiger partial charge in [-0.15, -0.1) is 6.58 Å². The van der Waals surface area contributed by atoms with Gasteiger partial charge in [-0.05, 0) is 24.6 Å². The van der Waals surface area contributed by atoms with E-state index in [0.717, 1.165) is 0 Å². The van der Waals surface area contributed by atoms with Crippen LogP contribution in [0.3, 0.4) is 0 Å². The number of aliphatic carboxylic acids is 1. The van der Waals surface area contributed by atoms with Crippen molar-refractivity contribution < 1.29 is 19.8 Å². The van der Waals surface area contributed by atoms with Crippen molar-refractivity contribution in [3.63, 3.8) is 0 Å². The summed E-state index contributed by atoms with van der Waals surface area (Å²) >= 11 is 3.15. The fourth-order valence-corrected chi connectivity index (χ4v) is 1.67. The summed E-state index contributed by atoms with van der Waals surface area (Å²) < 4.78 is 0.623. The zero-order chi connectivity index (χ0) is 13.7. The molecule has 1 aromatic carbocycles. The van der Waals surface area contributed by atoms with Gasteiger partial charge in [-0.25, -0.2) is 4.79 Å². The topological polar surface area (TPSA) is 86.6 Å². The molecule has 0 radical (unpaired) electrons.